The van der Waals surface area contributed by atoms with E-state index in [1.54, 1.807) is 18.2 Å². The van der Waals surface area contributed by atoms with E-state index >= 15 is 0 Å². The average molecular weight is 368 g/mol. The number of fused-ring (bicyclic) bond motifs is 2. The molecule has 8 heteroatoms. The van der Waals surface area contributed by atoms with Crippen LogP contribution < -0.4 is 20.5 Å². The third kappa shape index (κ3) is 3.69. The van der Waals surface area contributed by atoms with Gasteiger partial charge in [-0.2, -0.15) is 0 Å². The van der Waals surface area contributed by atoms with Crippen molar-refractivity contribution >= 4 is 22.8 Å². The quantitative estimate of drug-likeness (QED) is 0.645. The number of nitrogens with one attached hydrogen (secondary N) is 2. The van der Waals surface area contributed by atoms with Crippen LogP contribution in [0.3, 0.4) is 0 Å². The first-order chi connectivity index (χ1) is 13.1. The average Bonchev–Trinajstić information content (AvgIpc) is 3.28. The minimum Gasteiger partial charge on any atom is -0.454 e. The zero-order chi connectivity index (χ0) is 18.8. The summed E-state index contributed by atoms with van der Waals surface area (Å²) in [6, 6.07) is 10.2. The molecular formula is C19H16N2O6. The molecule has 1 aliphatic rings. The number of carbonyl (C=O) groups is 2. The number of hydrogen-bond acceptors (Lipinski definition) is 6. The Labute approximate surface area is 153 Å². The van der Waals surface area contributed by atoms with Crippen molar-refractivity contribution in [2.45, 2.75) is 19.4 Å². The number of amides is 1. The fourth-order valence-corrected chi connectivity index (χ4v) is 2.83. The van der Waals surface area contributed by atoms with Crippen LogP contribution in [0.1, 0.15) is 28.8 Å². The Morgan fingerprint density at radius 1 is 1.04 bits per heavy atom. The first kappa shape index (κ1) is 16.9. The molecule has 2 N–H and O–H groups in total. The number of hydrogen-bond donors (Lipinski definition) is 2. The standard InChI is InChI=1S/C19H16N2O6/c22-14(12-2-3-13-16(8-12)27-19(24)21-13)4-6-18(23)20-9-11-1-5-15-17(7-11)26-10-25-15/h1-3,5,7-8H,4,6,9-10H2,(H,20,23)(H,21,24). The van der Waals surface area contributed by atoms with Gasteiger partial charge in [0.2, 0.25) is 12.7 Å². The number of ether oxygens (including phenoxy) is 2. The second-order valence-corrected chi connectivity index (χ2v) is 6.11. The van der Waals surface area contributed by atoms with E-state index in [-0.39, 0.29) is 31.3 Å². The zero-order valence-electron chi connectivity index (χ0n) is 14.2. The van der Waals surface area contributed by atoms with Crippen molar-refractivity contribution in [3.8, 4) is 11.5 Å². The summed E-state index contributed by atoms with van der Waals surface area (Å²) in [6.45, 7) is 0.537. The number of Topliss-reactive ketones (excluding diaryl/α,β-unsaturated/α-hetero) is 1. The lowest BCUT2D eigenvalue weighted by atomic mass is 10.1. The third-order valence-electron chi connectivity index (χ3n) is 4.25. The number of ketones is 1. The maximum atomic E-state index is 12.3. The summed E-state index contributed by atoms with van der Waals surface area (Å²) in [5.74, 6) is 0.348. The van der Waals surface area contributed by atoms with Gasteiger partial charge in [0.25, 0.3) is 0 Å². The largest absolute Gasteiger partial charge is 0.454 e. The Morgan fingerprint density at radius 2 is 1.89 bits per heavy atom. The van der Waals surface area contributed by atoms with Crippen LogP contribution in [0, 0.1) is 0 Å². The summed E-state index contributed by atoms with van der Waals surface area (Å²) in [7, 11) is 0. The molecule has 0 atom stereocenters. The molecule has 138 valence electrons. The van der Waals surface area contributed by atoms with Gasteiger partial charge in [0.05, 0.1) is 5.52 Å². The van der Waals surface area contributed by atoms with E-state index in [9.17, 15) is 14.4 Å². The smallest absolute Gasteiger partial charge is 0.417 e. The molecule has 0 aliphatic carbocycles. The molecule has 2 aromatic carbocycles. The molecule has 4 rings (SSSR count). The van der Waals surface area contributed by atoms with Crippen molar-refractivity contribution < 1.29 is 23.5 Å². The van der Waals surface area contributed by atoms with Gasteiger partial charge >= 0.3 is 5.76 Å². The number of H-pyrrole nitrogens is 1. The molecule has 1 amide bonds. The fraction of sp³-hybridized carbons (Fsp3) is 0.211. The van der Waals surface area contributed by atoms with Crippen LogP contribution in [-0.2, 0) is 11.3 Å². The second-order valence-electron chi connectivity index (χ2n) is 6.11. The molecule has 0 radical (unpaired) electrons. The van der Waals surface area contributed by atoms with Crippen molar-refractivity contribution in [2.75, 3.05) is 6.79 Å². The van der Waals surface area contributed by atoms with E-state index in [0.717, 1.165) is 5.56 Å². The molecule has 8 nitrogen and oxygen atoms in total. The van der Waals surface area contributed by atoms with Gasteiger partial charge in [-0.3, -0.25) is 14.6 Å². The van der Waals surface area contributed by atoms with Crippen molar-refractivity contribution in [3.63, 3.8) is 0 Å². The van der Waals surface area contributed by atoms with Gasteiger partial charge in [-0.1, -0.05) is 6.07 Å². The summed E-state index contributed by atoms with van der Waals surface area (Å²) in [6.07, 6.45) is 0.131. The second kappa shape index (κ2) is 6.99. The molecule has 1 aliphatic heterocycles. The summed E-state index contributed by atoms with van der Waals surface area (Å²) in [5.41, 5.74) is 2.12. The van der Waals surface area contributed by atoms with Gasteiger partial charge in [-0.25, -0.2) is 4.79 Å². The first-order valence-corrected chi connectivity index (χ1v) is 8.40. The van der Waals surface area contributed by atoms with Crippen LogP contribution in [0.2, 0.25) is 0 Å². The summed E-state index contributed by atoms with van der Waals surface area (Å²) in [5, 5.41) is 2.78. The Balaban J connectivity index is 1.30. The lowest BCUT2D eigenvalue weighted by molar-refractivity contribution is -0.121. The lowest BCUT2D eigenvalue weighted by Gasteiger charge is -2.06. The molecule has 0 saturated carbocycles. The maximum Gasteiger partial charge on any atom is 0.417 e. The van der Waals surface area contributed by atoms with Crippen LogP contribution in [0.15, 0.2) is 45.6 Å². The molecule has 1 aromatic heterocycles. The van der Waals surface area contributed by atoms with Crippen LogP contribution >= 0.6 is 0 Å². The van der Waals surface area contributed by atoms with Gasteiger partial charge in [-0.05, 0) is 35.9 Å². The van der Waals surface area contributed by atoms with E-state index < -0.39 is 5.76 Å². The van der Waals surface area contributed by atoms with E-state index in [1.165, 1.54) is 6.07 Å². The number of aromatic nitrogens is 1. The van der Waals surface area contributed by atoms with E-state index in [0.29, 0.717) is 34.7 Å². The number of benzene rings is 2. The molecule has 0 fully saturated rings. The molecule has 0 saturated heterocycles. The topological polar surface area (TPSA) is 111 Å². The Bertz CT molecular complexity index is 1080. The predicted molar refractivity (Wildman–Crippen MR) is 94.8 cm³/mol. The minimum atomic E-state index is -0.572. The van der Waals surface area contributed by atoms with E-state index in [1.807, 2.05) is 12.1 Å². The highest BCUT2D eigenvalue weighted by Crippen LogP contribution is 2.32. The first-order valence-electron chi connectivity index (χ1n) is 8.40. The van der Waals surface area contributed by atoms with Crippen LogP contribution in [-0.4, -0.2) is 23.5 Å². The third-order valence-corrected chi connectivity index (χ3v) is 4.25. The van der Waals surface area contributed by atoms with Gasteiger partial charge in [0, 0.05) is 24.9 Å². The van der Waals surface area contributed by atoms with Crippen LogP contribution in [0.4, 0.5) is 0 Å². The number of oxazole rings is 1. The minimum absolute atomic E-state index is 0.0626. The van der Waals surface area contributed by atoms with Gasteiger partial charge in [0.15, 0.2) is 22.9 Å². The number of rotatable bonds is 6. The Kier molecular flexibility index (Phi) is 4.37. The zero-order valence-corrected chi connectivity index (χ0v) is 14.2. The summed E-state index contributed by atoms with van der Waals surface area (Å²) >= 11 is 0. The molecular weight excluding hydrogens is 352 g/mol. The lowest BCUT2D eigenvalue weighted by Crippen LogP contribution is -2.23. The van der Waals surface area contributed by atoms with Crippen molar-refractivity contribution in [1.82, 2.24) is 10.3 Å². The normalized spacial score (nSPS) is 12.3. The molecule has 2 heterocycles. The number of carbonyl (C=O) groups excluding carboxylic acids is 2. The van der Waals surface area contributed by atoms with E-state index in [2.05, 4.69) is 10.3 Å². The molecule has 3 aromatic rings. The SMILES string of the molecule is O=C(CCC(=O)c1ccc2[nH]c(=O)oc2c1)NCc1ccc2c(c1)OCO2. The highest BCUT2D eigenvalue weighted by atomic mass is 16.7. The van der Waals surface area contributed by atoms with Crippen molar-refractivity contribution in [2.24, 2.45) is 0 Å². The van der Waals surface area contributed by atoms with Crippen molar-refractivity contribution in [1.29, 1.82) is 0 Å². The molecule has 0 unspecified atom stereocenters. The monoisotopic (exact) mass is 368 g/mol. The number of aromatic amines is 1. The Morgan fingerprint density at radius 3 is 2.78 bits per heavy atom. The predicted octanol–water partition coefficient (Wildman–Crippen LogP) is 2.13. The summed E-state index contributed by atoms with van der Waals surface area (Å²) in [4.78, 5) is 37.9. The summed E-state index contributed by atoms with van der Waals surface area (Å²) < 4.78 is 15.5. The van der Waals surface area contributed by atoms with Crippen LogP contribution in [0.25, 0.3) is 11.1 Å². The van der Waals surface area contributed by atoms with Crippen molar-refractivity contribution in [3.05, 3.63) is 58.1 Å². The highest BCUT2D eigenvalue weighted by Gasteiger charge is 2.14. The Hall–Kier alpha value is -3.55. The highest BCUT2D eigenvalue weighted by molar-refractivity contribution is 6.00. The molecule has 27 heavy (non-hydrogen) atoms. The van der Waals surface area contributed by atoms with Crippen LogP contribution in [0.5, 0.6) is 11.5 Å². The van der Waals surface area contributed by atoms with E-state index in [4.69, 9.17) is 13.9 Å². The van der Waals surface area contributed by atoms with Gasteiger partial charge in [-0.15, -0.1) is 0 Å². The maximum absolute atomic E-state index is 12.3. The van der Waals surface area contributed by atoms with Gasteiger partial charge in [0.1, 0.15) is 0 Å². The molecule has 0 spiro atoms. The fourth-order valence-electron chi connectivity index (χ4n) is 2.83. The van der Waals surface area contributed by atoms with Gasteiger partial charge < -0.3 is 19.2 Å². The molecule has 0 bridgehead atoms.